The van der Waals surface area contributed by atoms with Crippen LogP contribution in [-0.4, -0.2) is 39.9 Å². The number of benzene rings is 2. The highest BCUT2D eigenvalue weighted by Crippen LogP contribution is 2.31. The molecule has 2 aromatic carbocycles. The number of carbonyl (C=O) groups is 1. The van der Waals surface area contributed by atoms with Crippen molar-refractivity contribution < 1.29 is 36.8 Å². The van der Waals surface area contributed by atoms with Gasteiger partial charge in [-0.2, -0.15) is 8.78 Å². The molecule has 2 heterocycles. The number of aromatic nitrogens is 2. The lowest BCUT2D eigenvalue weighted by atomic mass is 10.0. The Morgan fingerprint density at radius 2 is 2.00 bits per heavy atom. The molecule has 3 aromatic rings. The van der Waals surface area contributed by atoms with Crippen molar-refractivity contribution in [2.75, 3.05) is 13.1 Å². The quantitative estimate of drug-likeness (QED) is 0.619. The van der Waals surface area contributed by atoms with Crippen LogP contribution in [-0.2, 0) is 6.50 Å². The van der Waals surface area contributed by atoms with E-state index in [0.717, 1.165) is 30.6 Å². The molecule has 0 saturated heterocycles. The van der Waals surface area contributed by atoms with Crippen LogP contribution in [0.5, 0.6) is 11.5 Å². The van der Waals surface area contributed by atoms with Crippen molar-refractivity contribution in [3.63, 3.8) is 0 Å². The molecule has 8 heteroatoms. The van der Waals surface area contributed by atoms with E-state index in [0.29, 0.717) is 6.92 Å². The molecule has 0 bridgehead atoms. The minimum Gasteiger partial charge on any atom is -0.491 e. The van der Waals surface area contributed by atoms with Gasteiger partial charge in [0.15, 0.2) is 0 Å². The fraction of sp³-hybridized carbons (Fsp3) is 0.227. The molecule has 154 valence electrons. The number of amides is 1. The zero-order valence-corrected chi connectivity index (χ0v) is 15.3. The van der Waals surface area contributed by atoms with E-state index >= 15 is 0 Å². The van der Waals surface area contributed by atoms with Gasteiger partial charge in [0.2, 0.25) is 0 Å². The molecule has 0 radical (unpaired) electrons. The average molecular weight is 421 g/mol. The molecule has 0 aliphatic carbocycles. The van der Waals surface area contributed by atoms with E-state index in [1.807, 2.05) is 0 Å². The van der Waals surface area contributed by atoms with Crippen molar-refractivity contribution in [2.45, 2.75) is 19.5 Å². The molecule has 0 saturated carbocycles. The number of nitrogens with zero attached hydrogens (tertiary/aromatic N) is 3. The first-order valence-corrected chi connectivity index (χ1v) is 8.44. The summed E-state index contributed by atoms with van der Waals surface area (Å²) in [5.41, 5.74) is -1.24. The summed E-state index contributed by atoms with van der Waals surface area (Å²) in [5.74, 6) is -3.60. The highest BCUT2D eigenvalue weighted by Gasteiger charge is 2.25. The fourth-order valence-corrected chi connectivity index (χ4v) is 2.45. The lowest BCUT2D eigenvalue weighted by Gasteiger charge is -2.19. The van der Waals surface area contributed by atoms with E-state index in [9.17, 15) is 13.6 Å². The average Bonchev–Trinajstić information content (AvgIpc) is 2.91. The number of hydrogen-bond donors (Lipinski definition) is 0. The van der Waals surface area contributed by atoms with Gasteiger partial charge in [-0.3, -0.25) is 4.79 Å². The number of carbonyl (C=O) groups excluding carboxylic acids is 1. The second-order valence-electron chi connectivity index (χ2n) is 5.97. The van der Waals surface area contributed by atoms with Gasteiger partial charge in [0.1, 0.15) is 23.9 Å². The second kappa shape index (κ2) is 8.06. The van der Waals surface area contributed by atoms with E-state index in [4.69, 9.17) is 18.4 Å². The Morgan fingerprint density at radius 3 is 2.70 bits per heavy atom. The van der Waals surface area contributed by atoms with Gasteiger partial charge in [-0.15, -0.1) is 0 Å². The summed E-state index contributed by atoms with van der Waals surface area (Å²) in [7, 11) is 0. The van der Waals surface area contributed by atoms with Crippen molar-refractivity contribution >= 4 is 5.91 Å². The molecule has 0 fully saturated rings. The summed E-state index contributed by atoms with van der Waals surface area (Å²) in [6.45, 7) is -9.52. The maximum atomic E-state index is 13.7. The predicted octanol–water partition coefficient (Wildman–Crippen LogP) is 4.17. The van der Waals surface area contributed by atoms with Crippen molar-refractivity contribution in [1.29, 1.82) is 0 Å². The summed E-state index contributed by atoms with van der Waals surface area (Å²) < 4.78 is 119. The summed E-state index contributed by atoms with van der Waals surface area (Å²) in [6.07, 6.45) is -1.54. The number of ether oxygens (including phenoxy) is 2. The maximum absolute atomic E-state index is 13.7. The van der Waals surface area contributed by atoms with E-state index in [2.05, 4.69) is 14.7 Å². The van der Waals surface area contributed by atoms with Gasteiger partial charge in [0.25, 0.3) is 5.91 Å². The van der Waals surface area contributed by atoms with Crippen LogP contribution in [0.4, 0.5) is 8.78 Å². The molecule has 1 aliphatic rings. The number of rotatable bonds is 5. The van der Waals surface area contributed by atoms with Gasteiger partial charge in [-0.05, 0) is 41.4 Å². The topological polar surface area (TPSA) is 64.6 Å². The molecule has 1 aliphatic heterocycles. The predicted molar refractivity (Wildman–Crippen MR) is 105 cm³/mol. The van der Waals surface area contributed by atoms with Gasteiger partial charge >= 0.3 is 6.11 Å². The molecule has 0 unspecified atom stereocenters. The normalized spacial score (nSPS) is 22.6. The van der Waals surface area contributed by atoms with Crippen molar-refractivity contribution in [3.8, 4) is 22.6 Å². The zero-order chi connectivity index (χ0) is 30.0. The van der Waals surface area contributed by atoms with Crippen LogP contribution in [0.3, 0.4) is 0 Å². The highest BCUT2D eigenvalue weighted by molar-refractivity contribution is 5.98. The molecule has 0 atom stereocenters. The SMILES string of the molecule is [2H]c1c([2H])c(-c2ccc3c(c2)C(=O)N(C([2H])([2H])c2ncccn2)C([2H])([2H])C([2H])([2H])O3)c([2H])c([2H])c1OC(C)(F)F. The summed E-state index contributed by atoms with van der Waals surface area (Å²) in [5, 5.41) is 0. The largest absolute Gasteiger partial charge is 0.491 e. The van der Waals surface area contributed by atoms with E-state index < -0.39 is 84.2 Å². The van der Waals surface area contributed by atoms with Crippen LogP contribution in [0.15, 0.2) is 60.8 Å². The first-order valence-electron chi connectivity index (χ1n) is 13.4. The van der Waals surface area contributed by atoms with Crippen molar-refractivity contribution in [1.82, 2.24) is 14.9 Å². The van der Waals surface area contributed by atoms with Gasteiger partial charge < -0.3 is 14.4 Å². The minimum atomic E-state index is -3.82. The fourth-order valence-electron chi connectivity index (χ4n) is 2.45. The Kier molecular flexibility index (Phi) is 2.96. The summed E-state index contributed by atoms with van der Waals surface area (Å²) in [6, 6.07) is 0.911. The van der Waals surface area contributed by atoms with Gasteiger partial charge in [0, 0.05) is 19.3 Å². The first kappa shape index (κ1) is 11.0. The van der Waals surface area contributed by atoms with Crippen LogP contribution in [0.1, 0.15) is 36.8 Å². The molecule has 6 nitrogen and oxygen atoms in total. The van der Waals surface area contributed by atoms with Gasteiger partial charge in [-0.1, -0.05) is 18.2 Å². The third-order valence-corrected chi connectivity index (χ3v) is 3.68. The molecular weight excluding hydrogens is 392 g/mol. The van der Waals surface area contributed by atoms with Crippen molar-refractivity contribution in [2.24, 2.45) is 0 Å². The Bertz CT molecular complexity index is 1470. The molecule has 1 amide bonds. The van der Waals surface area contributed by atoms with Crippen molar-refractivity contribution in [3.05, 3.63) is 72.2 Å². The molecular formula is C22H19F2N3O3. The van der Waals surface area contributed by atoms with Crippen LogP contribution < -0.4 is 9.47 Å². The zero-order valence-electron chi connectivity index (χ0n) is 25.3. The summed E-state index contributed by atoms with van der Waals surface area (Å²) in [4.78, 5) is 21.1. The van der Waals surface area contributed by atoms with Crippen LogP contribution in [0, 0.1) is 0 Å². The monoisotopic (exact) mass is 421 g/mol. The smallest absolute Gasteiger partial charge is 0.394 e. The van der Waals surface area contributed by atoms with Crippen LogP contribution >= 0.6 is 0 Å². The van der Waals surface area contributed by atoms with E-state index in [1.54, 1.807) is 0 Å². The number of hydrogen-bond acceptors (Lipinski definition) is 5. The number of fused-ring (bicyclic) bond motifs is 1. The first-order chi connectivity index (χ1) is 18.3. The highest BCUT2D eigenvalue weighted by atomic mass is 19.3. The third kappa shape index (κ3) is 4.53. The second-order valence-corrected chi connectivity index (χ2v) is 5.97. The van der Waals surface area contributed by atoms with Gasteiger partial charge in [0.05, 0.1) is 32.3 Å². The van der Waals surface area contributed by atoms with E-state index in [-0.39, 0.29) is 10.5 Å². The molecule has 1 aromatic heterocycles. The molecule has 0 spiro atoms. The Labute approximate surface area is 186 Å². The lowest BCUT2D eigenvalue weighted by molar-refractivity contribution is -0.158. The van der Waals surface area contributed by atoms with Crippen LogP contribution in [0.2, 0.25) is 0 Å². The number of alkyl halides is 2. The maximum Gasteiger partial charge on any atom is 0.394 e. The Balaban J connectivity index is 1.94. The summed E-state index contributed by atoms with van der Waals surface area (Å²) >= 11 is 0. The molecule has 4 rings (SSSR count). The standard InChI is InChI=1S/C22H19F2N3O3/c1-22(23,24)30-17-6-3-15(4-7-17)16-5-8-19-18(13-16)21(28)27(11-12-29-19)14-20-25-9-2-10-26-20/h2-10,13H,11-12,14H2,1H3/i3D,4D,6D,7D,11D2,12D2,14D2. The Hall–Kier alpha value is -3.55. The van der Waals surface area contributed by atoms with Crippen LogP contribution in [0.25, 0.3) is 11.1 Å². The molecule has 30 heavy (non-hydrogen) atoms. The Morgan fingerprint density at radius 1 is 1.27 bits per heavy atom. The minimum absolute atomic E-state index is 0.0553. The van der Waals surface area contributed by atoms with Gasteiger partial charge in [-0.25, -0.2) is 9.97 Å². The van der Waals surface area contributed by atoms with E-state index in [1.165, 1.54) is 6.07 Å². The third-order valence-electron chi connectivity index (χ3n) is 3.68. The lowest BCUT2D eigenvalue weighted by Crippen LogP contribution is -2.32. The molecule has 0 N–H and O–H groups in total. The number of halogens is 2.